The number of carboxylic acids is 1. The lowest BCUT2D eigenvalue weighted by Gasteiger charge is -2.33. The van der Waals surface area contributed by atoms with Gasteiger partial charge in [0.15, 0.2) is 11.6 Å². The van der Waals surface area contributed by atoms with Gasteiger partial charge in [-0.25, -0.2) is 15.0 Å². The highest BCUT2D eigenvalue weighted by Gasteiger charge is 2.25. The lowest BCUT2D eigenvalue weighted by atomic mass is 10.1. The first-order valence-corrected chi connectivity index (χ1v) is 12.5. The first-order valence-electron chi connectivity index (χ1n) is 12.5. The van der Waals surface area contributed by atoms with Crippen molar-refractivity contribution in [2.24, 2.45) is 4.99 Å². The van der Waals surface area contributed by atoms with E-state index in [4.69, 9.17) is 19.8 Å². The van der Waals surface area contributed by atoms with Crippen molar-refractivity contribution in [3.63, 3.8) is 0 Å². The van der Waals surface area contributed by atoms with Crippen LogP contribution in [-0.2, 0) is 9.53 Å². The van der Waals surface area contributed by atoms with Gasteiger partial charge in [0.2, 0.25) is 0 Å². The van der Waals surface area contributed by atoms with Crippen LogP contribution >= 0.6 is 0 Å². The van der Waals surface area contributed by atoms with E-state index in [1.165, 1.54) is 0 Å². The van der Waals surface area contributed by atoms with Gasteiger partial charge in [-0.05, 0) is 43.5 Å². The highest BCUT2D eigenvalue weighted by molar-refractivity contribution is 5.73. The van der Waals surface area contributed by atoms with E-state index < -0.39 is 5.97 Å². The lowest BCUT2D eigenvalue weighted by molar-refractivity contribution is -0.134. The Morgan fingerprint density at radius 3 is 2.79 bits per heavy atom. The fraction of sp³-hybridized carbons (Fsp3) is 0.296. The molecule has 4 N–H and O–H groups in total. The van der Waals surface area contributed by atoms with Crippen LogP contribution in [0.1, 0.15) is 25.7 Å². The van der Waals surface area contributed by atoms with Crippen molar-refractivity contribution in [2.45, 2.75) is 31.8 Å². The van der Waals surface area contributed by atoms with Crippen molar-refractivity contribution in [3.8, 4) is 11.3 Å². The molecule has 3 aromatic rings. The zero-order valence-corrected chi connectivity index (χ0v) is 20.7. The number of rotatable bonds is 9. The SMILES string of the molecule is O=C(O)CNc1ccc(-c2cccc(Nc3cncc(N4CCCC(OC5=C(O)CCC=N5)C4)n3)n2)cc1. The number of benzene rings is 1. The molecule has 1 aromatic carbocycles. The van der Waals surface area contributed by atoms with E-state index in [9.17, 15) is 9.90 Å². The van der Waals surface area contributed by atoms with E-state index in [1.807, 2.05) is 42.5 Å². The van der Waals surface area contributed by atoms with E-state index in [2.05, 4.69) is 25.5 Å². The monoisotopic (exact) mass is 515 g/mol. The van der Waals surface area contributed by atoms with Gasteiger partial charge in [-0.1, -0.05) is 18.2 Å². The summed E-state index contributed by atoms with van der Waals surface area (Å²) in [5, 5.41) is 25.0. The number of aliphatic hydroxyl groups excluding tert-OH is 1. The van der Waals surface area contributed by atoms with Crippen LogP contribution in [0.2, 0.25) is 0 Å². The van der Waals surface area contributed by atoms with E-state index in [0.29, 0.717) is 30.5 Å². The lowest BCUT2D eigenvalue weighted by Crippen LogP contribution is -2.40. The first kappa shape index (κ1) is 25.0. The molecule has 0 bridgehead atoms. The molecule has 5 rings (SSSR count). The Balaban J connectivity index is 1.24. The second-order valence-electron chi connectivity index (χ2n) is 9.05. The Morgan fingerprint density at radius 2 is 1.97 bits per heavy atom. The molecule has 11 nitrogen and oxygen atoms in total. The van der Waals surface area contributed by atoms with Crippen LogP contribution in [0, 0.1) is 0 Å². The third-order valence-electron chi connectivity index (χ3n) is 6.20. The number of hydrogen-bond acceptors (Lipinski definition) is 10. The third-order valence-corrected chi connectivity index (χ3v) is 6.20. The van der Waals surface area contributed by atoms with Crippen LogP contribution in [0.4, 0.5) is 23.1 Å². The number of carbonyl (C=O) groups is 1. The van der Waals surface area contributed by atoms with Gasteiger partial charge in [0.1, 0.15) is 24.3 Å². The molecule has 1 atom stereocenters. The smallest absolute Gasteiger partial charge is 0.322 e. The zero-order valence-electron chi connectivity index (χ0n) is 20.7. The van der Waals surface area contributed by atoms with Crippen molar-refractivity contribution < 1.29 is 19.7 Å². The van der Waals surface area contributed by atoms with Gasteiger partial charge in [0.05, 0.1) is 24.6 Å². The molecule has 1 fully saturated rings. The highest BCUT2D eigenvalue weighted by atomic mass is 16.5. The number of ether oxygens (including phenoxy) is 1. The first-order chi connectivity index (χ1) is 18.5. The molecule has 11 heteroatoms. The summed E-state index contributed by atoms with van der Waals surface area (Å²) in [6.07, 6.45) is 8.13. The van der Waals surface area contributed by atoms with Gasteiger partial charge in [-0.2, -0.15) is 0 Å². The average Bonchev–Trinajstić information content (AvgIpc) is 2.94. The summed E-state index contributed by atoms with van der Waals surface area (Å²) in [6.45, 7) is 1.31. The Hall–Kier alpha value is -4.67. The van der Waals surface area contributed by atoms with Gasteiger partial charge in [-0.15, -0.1) is 0 Å². The van der Waals surface area contributed by atoms with Gasteiger partial charge in [-0.3, -0.25) is 9.78 Å². The molecule has 0 saturated carbocycles. The predicted octanol–water partition coefficient (Wildman–Crippen LogP) is 4.36. The van der Waals surface area contributed by atoms with Crippen LogP contribution in [0.5, 0.6) is 0 Å². The molecule has 1 saturated heterocycles. The topological polar surface area (TPSA) is 145 Å². The minimum absolute atomic E-state index is 0.0985. The van der Waals surface area contributed by atoms with Crippen LogP contribution in [0.15, 0.2) is 71.5 Å². The molecule has 0 radical (unpaired) electrons. The van der Waals surface area contributed by atoms with Crippen molar-refractivity contribution in [1.82, 2.24) is 15.0 Å². The number of hydrogen-bond donors (Lipinski definition) is 4. The number of anilines is 4. The standard InChI is InChI=1S/C27H29N7O4/c35-22-6-2-12-29-27(22)38-20-4-3-13-34(17-20)25-15-28-14-24(33-25)32-23-7-1-5-21(31-23)18-8-10-19(11-9-18)30-16-26(36)37/h1,5,7-12,14-15,20,30,35H,2-4,6,13,16-17H2,(H,36,37)(H,31,32,33). The number of pyridine rings is 1. The fourth-order valence-corrected chi connectivity index (χ4v) is 4.33. The summed E-state index contributed by atoms with van der Waals surface area (Å²) < 4.78 is 5.99. The number of aliphatic imine (C=N–C) groups is 1. The van der Waals surface area contributed by atoms with E-state index in [0.717, 1.165) is 48.6 Å². The van der Waals surface area contributed by atoms with Gasteiger partial charge in [0.25, 0.3) is 5.88 Å². The van der Waals surface area contributed by atoms with Gasteiger partial charge >= 0.3 is 5.97 Å². The highest BCUT2D eigenvalue weighted by Crippen LogP contribution is 2.26. The minimum Gasteiger partial charge on any atom is -0.507 e. The molecular weight excluding hydrogens is 486 g/mol. The van der Waals surface area contributed by atoms with Crippen molar-refractivity contribution in [2.75, 3.05) is 35.2 Å². The summed E-state index contributed by atoms with van der Waals surface area (Å²) in [5.74, 6) is 1.54. The maximum atomic E-state index is 10.7. The largest absolute Gasteiger partial charge is 0.507 e. The molecule has 1 unspecified atom stereocenters. The number of aromatic nitrogens is 3. The molecule has 2 aliphatic heterocycles. The molecule has 0 aliphatic carbocycles. The third kappa shape index (κ3) is 6.36. The van der Waals surface area contributed by atoms with Crippen LogP contribution in [-0.4, -0.2) is 63.1 Å². The van der Waals surface area contributed by atoms with E-state index in [1.54, 1.807) is 18.6 Å². The minimum atomic E-state index is -0.915. The Bertz CT molecular complexity index is 1340. The number of aliphatic hydroxyl groups is 1. The summed E-state index contributed by atoms with van der Waals surface area (Å²) in [7, 11) is 0. The second-order valence-corrected chi connectivity index (χ2v) is 9.05. The summed E-state index contributed by atoms with van der Waals surface area (Å²) in [5.41, 5.74) is 2.39. The number of allylic oxidation sites excluding steroid dienone is 1. The Morgan fingerprint density at radius 1 is 1.11 bits per heavy atom. The molecule has 38 heavy (non-hydrogen) atoms. The number of piperidine rings is 1. The molecule has 2 aliphatic rings. The maximum Gasteiger partial charge on any atom is 0.322 e. The molecule has 2 aromatic heterocycles. The number of aliphatic carboxylic acids is 1. The zero-order chi connectivity index (χ0) is 26.3. The Labute approximate surface area is 220 Å². The molecule has 4 heterocycles. The van der Waals surface area contributed by atoms with Crippen molar-refractivity contribution >= 4 is 35.3 Å². The quantitative estimate of drug-likeness (QED) is 0.324. The van der Waals surface area contributed by atoms with E-state index in [-0.39, 0.29) is 18.4 Å². The van der Waals surface area contributed by atoms with Gasteiger partial charge < -0.3 is 30.5 Å². The van der Waals surface area contributed by atoms with Crippen LogP contribution < -0.4 is 15.5 Å². The fourth-order valence-electron chi connectivity index (χ4n) is 4.33. The second kappa shape index (κ2) is 11.6. The van der Waals surface area contributed by atoms with Crippen LogP contribution in [0.25, 0.3) is 11.3 Å². The van der Waals surface area contributed by atoms with Crippen molar-refractivity contribution in [1.29, 1.82) is 0 Å². The van der Waals surface area contributed by atoms with Crippen molar-refractivity contribution in [3.05, 3.63) is 66.5 Å². The van der Waals surface area contributed by atoms with Crippen LogP contribution in [0.3, 0.4) is 0 Å². The summed E-state index contributed by atoms with van der Waals surface area (Å²) in [4.78, 5) is 30.9. The maximum absolute atomic E-state index is 10.7. The van der Waals surface area contributed by atoms with Gasteiger partial charge in [0, 0.05) is 30.4 Å². The van der Waals surface area contributed by atoms with E-state index >= 15 is 0 Å². The number of nitrogens with zero attached hydrogens (tertiary/aromatic N) is 5. The number of nitrogens with one attached hydrogen (secondary N) is 2. The summed E-state index contributed by atoms with van der Waals surface area (Å²) >= 11 is 0. The normalized spacial score (nSPS) is 17.3. The Kier molecular flexibility index (Phi) is 7.62. The molecule has 196 valence electrons. The number of carboxylic acid groups (broad SMARTS) is 1. The molecule has 0 amide bonds. The summed E-state index contributed by atoms with van der Waals surface area (Å²) in [6, 6.07) is 13.1. The predicted molar refractivity (Wildman–Crippen MR) is 145 cm³/mol. The molecule has 0 spiro atoms. The molecular formula is C27H29N7O4. The average molecular weight is 516 g/mol.